The molecular formula is C106H203N5O3S. The van der Waals surface area contributed by atoms with E-state index in [0.717, 1.165) is 141 Å². The quantitative estimate of drug-likeness (QED) is 0.154. The van der Waals surface area contributed by atoms with Gasteiger partial charge in [-0.25, -0.2) is 0 Å². The molecule has 2 atom stereocenters. The van der Waals surface area contributed by atoms with Gasteiger partial charge >= 0.3 is 0 Å². The van der Waals surface area contributed by atoms with E-state index in [1.54, 1.807) is 6.92 Å². The Balaban J connectivity index is 0.000000342. The van der Waals surface area contributed by atoms with Crippen LogP contribution in [0.3, 0.4) is 0 Å². The second-order valence-corrected chi connectivity index (χ2v) is 47.4. The van der Waals surface area contributed by atoms with Gasteiger partial charge in [-0.05, 0) is 333 Å². The minimum absolute atomic E-state index is 0.187. The molecule has 0 N–H and O–H groups in total. The molecule has 2 amide bonds. The maximum atomic E-state index is 12.5. The number of carbonyl (C=O) groups is 2. The van der Waals surface area contributed by atoms with Crippen molar-refractivity contribution in [1.82, 2.24) is 24.5 Å². The highest BCUT2D eigenvalue weighted by molar-refractivity contribution is 7.99. The summed E-state index contributed by atoms with van der Waals surface area (Å²) in [7, 11) is 6.88. The van der Waals surface area contributed by atoms with Gasteiger partial charge in [-0.15, -0.1) is 0 Å². The summed E-state index contributed by atoms with van der Waals surface area (Å²) in [5, 5.41) is 0. The number of piperidine rings is 5. The molecule has 1 aromatic carbocycles. The average molecular weight is 1630 g/mol. The van der Waals surface area contributed by atoms with Crippen LogP contribution in [-0.2, 0) is 9.53 Å². The van der Waals surface area contributed by atoms with Gasteiger partial charge in [0, 0.05) is 75.0 Å². The van der Waals surface area contributed by atoms with Crippen LogP contribution in [0.1, 0.15) is 395 Å². The van der Waals surface area contributed by atoms with Crippen LogP contribution < -0.4 is 0 Å². The average Bonchev–Trinajstić information content (AvgIpc) is 1.32. The fraction of sp³-hybridized carbons (Fsp3) is 0.925. The highest BCUT2D eigenvalue weighted by atomic mass is 32.2. The summed E-state index contributed by atoms with van der Waals surface area (Å²) in [4.78, 5) is 35.5. The van der Waals surface area contributed by atoms with E-state index >= 15 is 0 Å². The first-order valence-electron chi connectivity index (χ1n) is 49.0. The molecule has 115 heavy (non-hydrogen) atoms. The summed E-state index contributed by atoms with van der Waals surface area (Å²) in [5.74, 6) is 15.9. The van der Waals surface area contributed by atoms with Gasteiger partial charge in [0.05, 0.1) is 0 Å². The Morgan fingerprint density at radius 1 is 0.357 bits per heavy atom. The zero-order valence-electron chi connectivity index (χ0n) is 84.9. The van der Waals surface area contributed by atoms with Gasteiger partial charge in [0.1, 0.15) is 0 Å². The predicted molar refractivity (Wildman–Crippen MR) is 511 cm³/mol. The van der Waals surface area contributed by atoms with E-state index in [-0.39, 0.29) is 11.8 Å². The lowest BCUT2D eigenvalue weighted by Crippen LogP contribution is -2.63. The van der Waals surface area contributed by atoms with E-state index in [9.17, 15) is 9.59 Å². The van der Waals surface area contributed by atoms with Crippen molar-refractivity contribution in [3.8, 4) is 0 Å². The van der Waals surface area contributed by atoms with Crippen molar-refractivity contribution in [2.45, 2.75) is 408 Å². The van der Waals surface area contributed by atoms with Gasteiger partial charge in [0.2, 0.25) is 5.91 Å². The molecule has 10 rings (SSSR count). The number of hydrogen-bond acceptors (Lipinski definition) is 7. The van der Waals surface area contributed by atoms with Crippen LogP contribution in [0, 0.1) is 138 Å². The highest BCUT2D eigenvalue weighted by Crippen LogP contribution is 2.57. The summed E-state index contributed by atoms with van der Waals surface area (Å²) in [6.07, 6.45) is 27.1. The number of ether oxygens (including phenoxy) is 1. The first-order chi connectivity index (χ1) is 53.1. The molecule has 0 radical (unpaired) electrons. The third-order valence-electron chi connectivity index (χ3n) is 36.3. The van der Waals surface area contributed by atoms with E-state index in [2.05, 4.69) is 297 Å². The third-order valence-corrected chi connectivity index (χ3v) is 37.5. The molecule has 8 nitrogen and oxygen atoms in total. The summed E-state index contributed by atoms with van der Waals surface area (Å²) in [6.45, 7) is 95.7. The fourth-order valence-corrected chi connectivity index (χ4v) is 27.6. The van der Waals surface area contributed by atoms with E-state index in [0.29, 0.717) is 78.1 Å². The van der Waals surface area contributed by atoms with Crippen molar-refractivity contribution in [2.75, 3.05) is 85.1 Å². The molecule has 0 aromatic heterocycles. The largest absolute Gasteiger partial charge is 0.381 e. The van der Waals surface area contributed by atoms with Crippen molar-refractivity contribution in [1.29, 1.82) is 0 Å². The molecule has 1 saturated carbocycles. The van der Waals surface area contributed by atoms with Crippen LogP contribution in [-0.4, -0.2) is 145 Å². The number of carbonyl (C=O) groups excluding carboxylic acids is 2. The zero-order valence-corrected chi connectivity index (χ0v) is 85.7. The summed E-state index contributed by atoms with van der Waals surface area (Å²) < 4.78 is 5.43. The smallest absolute Gasteiger partial charge is 0.253 e. The van der Waals surface area contributed by atoms with E-state index in [4.69, 9.17) is 4.74 Å². The second-order valence-electron chi connectivity index (χ2n) is 46.3. The van der Waals surface area contributed by atoms with Crippen LogP contribution in [0.4, 0.5) is 0 Å². The fourth-order valence-electron chi connectivity index (χ4n) is 25.8. The highest BCUT2D eigenvalue weighted by Gasteiger charge is 2.54. The van der Waals surface area contributed by atoms with Gasteiger partial charge < -0.3 is 24.3 Å². The predicted octanol–water partition coefficient (Wildman–Crippen LogP) is 29.0. The Labute approximate surface area is 724 Å². The maximum Gasteiger partial charge on any atom is 0.253 e. The Morgan fingerprint density at radius 2 is 0.652 bits per heavy atom. The molecule has 1 aromatic rings. The van der Waals surface area contributed by atoms with Gasteiger partial charge in [0.25, 0.3) is 5.91 Å². The molecule has 1 aliphatic carbocycles. The number of likely N-dealkylation sites (tertiary alicyclic amines) is 4. The maximum absolute atomic E-state index is 12.5. The molecule has 2 unspecified atom stereocenters. The van der Waals surface area contributed by atoms with E-state index in [1.165, 1.54) is 140 Å². The zero-order chi connectivity index (χ0) is 88.2. The summed E-state index contributed by atoms with van der Waals surface area (Å²) in [6, 6.07) is 11.4. The SMILES string of the molecule is CC(=O)N1CCC(C(C)C)(C(C)C)CC1.CC(C)C1(C(C)C)CC(C)(C)N(C)C(C)(C)C1.CC(C)C1(C(C)C)CC2CCC(C1)N2C.CC(C)C1(C(C)C)CCCCC1.CC(C)C1(C(C)C)CCN(C(=O)c2ccccc2)CC1.CC(C)C1(C(C)C)CCN(C)CC1.CC(C)C1(C(C)C)CCOCC1.CC(C)C1(C(C)C)CCSC1. The first kappa shape index (κ1) is 108. The van der Waals surface area contributed by atoms with Crippen LogP contribution in [0.15, 0.2) is 30.3 Å². The number of fused-ring (bicyclic) bond motifs is 2. The van der Waals surface area contributed by atoms with Crippen molar-refractivity contribution in [2.24, 2.45) is 138 Å². The summed E-state index contributed by atoms with van der Waals surface area (Å²) in [5.41, 5.74) is 5.88. The number of thioether (sulfide) groups is 1. The normalized spacial score (nSPS) is 24.6. The molecule has 9 aliphatic rings. The lowest BCUT2D eigenvalue weighted by Gasteiger charge is -2.61. The number of benzene rings is 1. The molecule has 8 aliphatic heterocycles. The third kappa shape index (κ3) is 26.7. The Morgan fingerprint density at radius 3 is 0.922 bits per heavy atom. The summed E-state index contributed by atoms with van der Waals surface area (Å²) >= 11 is 2.14. The Kier molecular flexibility index (Phi) is 43.3. The minimum atomic E-state index is 0.187. The van der Waals surface area contributed by atoms with Gasteiger partial charge in [-0.2, -0.15) is 11.8 Å². The van der Waals surface area contributed by atoms with Crippen molar-refractivity contribution < 1.29 is 14.3 Å². The Hall–Kier alpha value is -1.65. The van der Waals surface area contributed by atoms with E-state index in [1.807, 2.05) is 40.1 Å². The Bertz CT molecular complexity index is 2690. The first-order valence-corrected chi connectivity index (χ1v) is 50.1. The lowest BCUT2D eigenvalue weighted by atomic mass is 9.55. The minimum Gasteiger partial charge on any atom is -0.381 e. The standard InChI is InChI=1S/C18H27NO.C16H33N.C14H27N.C13H25NO.C12H25N.C12H24.C11H22O.C10H20S/c1-14(2)18(15(3)4)10-12-19(13-11-18)17(20)16-8-6-5-7-9-16;1-12(2)16(13(3)4)10-14(5,6)17(9)15(7,8)11-16;1-10(2)14(11(3)4)8-12-6-7-13(9-14)15(12)5;1-10(2)13(11(3)4)6-8-14(9-7-13)12(5)15;1-10(2)12(11(3)4)6-8-13(5)9-7-12;1-10(2)12(11(3)4)8-6-5-7-9-12;1-9(2)11(10(3)4)5-7-12-8-6-11;1-8(2)10(9(3)4)5-6-11-7-10/h5-9,14-15H,10-13H2,1-4H3;12-13H,10-11H2,1-9H3;10-13H,6-9H2,1-5H3;10-11H,6-9H2,1-5H3;10-11H,6-9H2,1-5H3;10-11H,5-9H2,1-4H3;9-10H,5-8H2,1-4H3;8-9H,5-7H2,1-4H3. The molecule has 2 bridgehead atoms. The van der Waals surface area contributed by atoms with Crippen molar-refractivity contribution in [3.05, 3.63) is 35.9 Å². The molecule has 9 heteroatoms. The monoisotopic (exact) mass is 1630 g/mol. The van der Waals surface area contributed by atoms with Gasteiger partial charge in [-0.3, -0.25) is 14.5 Å². The second kappa shape index (κ2) is 46.4. The lowest BCUT2D eigenvalue weighted by molar-refractivity contribution is -0.132. The van der Waals surface area contributed by atoms with Crippen LogP contribution >= 0.6 is 11.8 Å². The number of hydrogen-bond donors (Lipinski definition) is 0. The van der Waals surface area contributed by atoms with Crippen LogP contribution in [0.2, 0.25) is 0 Å². The number of nitrogens with zero attached hydrogens (tertiary/aromatic N) is 5. The van der Waals surface area contributed by atoms with Crippen molar-refractivity contribution >= 4 is 23.6 Å². The number of amides is 2. The molecule has 8 saturated heterocycles. The van der Waals surface area contributed by atoms with Crippen molar-refractivity contribution in [3.63, 3.8) is 0 Å². The van der Waals surface area contributed by atoms with Gasteiger partial charge in [0.15, 0.2) is 0 Å². The molecule has 9 fully saturated rings. The van der Waals surface area contributed by atoms with Gasteiger partial charge in [-0.1, -0.05) is 259 Å². The van der Waals surface area contributed by atoms with E-state index < -0.39 is 0 Å². The molecule has 676 valence electrons. The number of rotatable bonds is 17. The van der Waals surface area contributed by atoms with Crippen LogP contribution in [0.25, 0.3) is 0 Å². The molecule has 0 spiro atoms. The molecule has 8 heterocycles. The van der Waals surface area contributed by atoms with Crippen LogP contribution in [0.5, 0.6) is 0 Å². The topological polar surface area (TPSA) is 59.6 Å². The molecular weight excluding hydrogens is 1420 g/mol.